The van der Waals surface area contributed by atoms with E-state index in [1.165, 1.54) is 18.2 Å². The number of imide groups is 1. The molecule has 0 radical (unpaired) electrons. The van der Waals surface area contributed by atoms with Gasteiger partial charge < -0.3 is 14.4 Å². The van der Waals surface area contributed by atoms with Crippen molar-refractivity contribution in [1.82, 2.24) is 4.90 Å². The van der Waals surface area contributed by atoms with Crippen molar-refractivity contribution in [3.05, 3.63) is 70.7 Å². The number of nitrogens with zero attached hydrogens (tertiary/aromatic N) is 2. The summed E-state index contributed by atoms with van der Waals surface area (Å²) in [6, 6.07) is 11.1. The van der Waals surface area contributed by atoms with Crippen LogP contribution >= 0.6 is 0 Å². The van der Waals surface area contributed by atoms with Gasteiger partial charge in [0.15, 0.2) is 0 Å². The van der Waals surface area contributed by atoms with Crippen LogP contribution in [0.1, 0.15) is 16.7 Å². The van der Waals surface area contributed by atoms with Crippen LogP contribution in [0.2, 0.25) is 0 Å². The molecule has 0 atom stereocenters. The van der Waals surface area contributed by atoms with Crippen LogP contribution in [0.3, 0.4) is 0 Å². The van der Waals surface area contributed by atoms with E-state index in [9.17, 15) is 14.0 Å². The topological polar surface area (TPSA) is 59.1 Å². The first-order valence-electron chi connectivity index (χ1n) is 10.1. The molecule has 2 amide bonds. The highest BCUT2D eigenvalue weighted by Gasteiger charge is 2.42. The zero-order chi connectivity index (χ0) is 22.5. The zero-order valence-electron chi connectivity index (χ0n) is 18.3. The Bertz CT molecular complexity index is 1010. The maximum Gasteiger partial charge on any atom is 0.282 e. The summed E-state index contributed by atoms with van der Waals surface area (Å²) in [6.45, 7) is 5.49. The smallest absolute Gasteiger partial charge is 0.282 e. The van der Waals surface area contributed by atoms with E-state index in [0.717, 1.165) is 16.0 Å². The molecule has 6 nitrogen and oxygen atoms in total. The maximum absolute atomic E-state index is 13.9. The highest BCUT2D eigenvalue weighted by molar-refractivity contribution is 6.45. The molecular weight excluding hydrogens is 399 g/mol. The lowest BCUT2D eigenvalue weighted by Gasteiger charge is -2.25. The molecule has 0 bridgehead atoms. The molecule has 1 aliphatic heterocycles. The van der Waals surface area contributed by atoms with E-state index in [0.29, 0.717) is 37.4 Å². The van der Waals surface area contributed by atoms with Crippen LogP contribution in [0.25, 0.3) is 5.57 Å². The molecule has 2 aromatic rings. The van der Waals surface area contributed by atoms with Gasteiger partial charge in [0.1, 0.15) is 11.5 Å². The second-order valence-electron chi connectivity index (χ2n) is 7.42. The van der Waals surface area contributed by atoms with Gasteiger partial charge in [0.2, 0.25) is 0 Å². The number of hydrogen-bond acceptors (Lipinski definition) is 5. The quantitative estimate of drug-likeness (QED) is 0.576. The van der Waals surface area contributed by atoms with Crippen molar-refractivity contribution in [2.45, 2.75) is 13.8 Å². The standard InChI is InChI=1S/C24H27FN2O4/c1-16-8-9-18(14-17(16)2)21-22(26(10-12-30-3)11-13-31-4)24(29)27(23(21)28)20-7-5-6-19(25)15-20/h5-9,14-15H,10-13H2,1-4H3. The molecule has 0 saturated carbocycles. The Hall–Kier alpha value is -3.03. The second kappa shape index (κ2) is 9.85. The van der Waals surface area contributed by atoms with Gasteiger partial charge >= 0.3 is 0 Å². The lowest BCUT2D eigenvalue weighted by molar-refractivity contribution is -0.120. The number of rotatable bonds is 9. The van der Waals surface area contributed by atoms with E-state index in [2.05, 4.69) is 0 Å². The van der Waals surface area contributed by atoms with Gasteiger partial charge in [0.05, 0.1) is 24.5 Å². The maximum atomic E-state index is 13.9. The van der Waals surface area contributed by atoms with Crippen LogP contribution in [0.5, 0.6) is 0 Å². The van der Waals surface area contributed by atoms with Gasteiger partial charge in [-0.1, -0.05) is 24.3 Å². The molecule has 0 aromatic heterocycles. The fraction of sp³-hybridized carbons (Fsp3) is 0.333. The normalized spacial score (nSPS) is 14.0. The molecule has 164 valence electrons. The van der Waals surface area contributed by atoms with Gasteiger partial charge in [-0.05, 0) is 48.7 Å². The summed E-state index contributed by atoms with van der Waals surface area (Å²) >= 11 is 0. The molecule has 0 spiro atoms. The third-order valence-electron chi connectivity index (χ3n) is 5.37. The summed E-state index contributed by atoms with van der Waals surface area (Å²) in [4.78, 5) is 29.9. The largest absolute Gasteiger partial charge is 0.383 e. The number of carbonyl (C=O) groups is 2. The van der Waals surface area contributed by atoms with Crippen molar-refractivity contribution in [2.24, 2.45) is 0 Å². The van der Waals surface area contributed by atoms with Gasteiger partial charge in [-0.25, -0.2) is 9.29 Å². The molecule has 0 fully saturated rings. The van der Waals surface area contributed by atoms with E-state index in [1.807, 2.05) is 32.0 Å². The predicted molar refractivity (Wildman–Crippen MR) is 117 cm³/mol. The van der Waals surface area contributed by atoms with Crippen LogP contribution in [0.4, 0.5) is 10.1 Å². The first kappa shape index (κ1) is 22.7. The molecule has 2 aromatic carbocycles. The van der Waals surface area contributed by atoms with E-state index in [-0.39, 0.29) is 11.4 Å². The number of carbonyl (C=O) groups excluding carboxylic acids is 2. The first-order valence-corrected chi connectivity index (χ1v) is 10.1. The average molecular weight is 426 g/mol. The van der Waals surface area contributed by atoms with Gasteiger partial charge in [0.25, 0.3) is 11.8 Å². The Morgan fingerprint density at radius 1 is 0.903 bits per heavy atom. The molecule has 0 N–H and O–H groups in total. The molecule has 0 saturated heterocycles. The molecule has 0 unspecified atom stereocenters. The van der Waals surface area contributed by atoms with Crippen molar-refractivity contribution in [2.75, 3.05) is 45.4 Å². The number of ether oxygens (including phenoxy) is 2. The van der Waals surface area contributed by atoms with E-state index in [1.54, 1.807) is 25.2 Å². The highest BCUT2D eigenvalue weighted by atomic mass is 19.1. The molecular formula is C24H27FN2O4. The van der Waals surface area contributed by atoms with Crippen LogP contribution in [-0.2, 0) is 19.1 Å². The highest BCUT2D eigenvalue weighted by Crippen LogP contribution is 2.35. The van der Waals surface area contributed by atoms with Gasteiger partial charge in [-0.15, -0.1) is 0 Å². The minimum atomic E-state index is -0.519. The van der Waals surface area contributed by atoms with E-state index < -0.39 is 17.6 Å². The average Bonchev–Trinajstić information content (AvgIpc) is 3.00. The molecule has 0 aliphatic carbocycles. The van der Waals surface area contributed by atoms with E-state index in [4.69, 9.17) is 9.47 Å². The SMILES string of the molecule is COCCN(CCOC)C1=C(c2ccc(C)c(C)c2)C(=O)N(c2cccc(F)c2)C1=O. The number of anilines is 1. The number of benzene rings is 2. The van der Waals surface area contributed by atoms with Crippen LogP contribution in [0.15, 0.2) is 48.2 Å². The molecule has 1 aliphatic rings. The second-order valence-corrected chi connectivity index (χ2v) is 7.42. The van der Waals surface area contributed by atoms with Crippen LogP contribution in [-0.4, -0.2) is 57.2 Å². The number of amides is 2. The van der Waals surface area contributed by atoms with Crippen molar-refractivity contribution in [3.63, 3.8) is 0 Å². The van der Waals surface area contributed by atoms with Gasteiger partial charge in [0, 0.05) is 27.3 Å². The summed E-state index contributed by atoms with van der Waals surface area (Å²) < 4.78 is 24.3. The van der Waals surface area contributed by atoms with Crippen molar-refractivity contribution >= 4 is 23.1 Å². The minimum absolute atomic E-state index is 0.199. The third kappa shape index (κ3) is 4.68. The van der Waals surface area contributed by atoms with Gasteiger partial charge in [-0.2, -0.15) is 0 Å². The molecule has 7 heteroatoms. The van der Waals surface area contributed by atoms with E-state index >= 15 is 0 Å². The Balaban J connectivity index is 2.16. The van der Waals surface area contributed by atoms with Crippen LogP contribution < -0.4 is 4.90 Å². The Morgan fingerprint density at radius 2 is 1.58 bits per heavy atom. The Labute approximate surface area is 181 Å². The summed E-state index contributed by atoms with van der Waals surface area (Å²) in [5.74, 6) is -1.49. The summed E-state index contributed by atoms with van der Waals surface area (Å²) in [6.07, 6.45) is 0. The van der Waals surface area contributed by atoms with Crippen molar-refractivity contribution < 1.29 is 23.5 Å². The number of aryl methyl sites for hydroxylation is 2. The Morgan fingerprint density at radius 3 is 2.16 bits per heavy atom. The van der Waals surface area contributed by atoms with Crippen LogP contribution in [0, 0.1) is 19.7 Å². The monoisotopic (exact) mass is 426 g/mol. The molecule has 1 heterocycles. The van der Waals surface area contributed by atoms with Gasteiger partial charge in [-0.3, -0.25) is 9.59 Å². The lowest BCUT2D eigenvalue weighted by atomic mass is 9.99. The minimum Gasteiger partial charge on any atom is -0.383 e. The predicted octanol–water partition coefficient (Wildman–Crippen LogP) is 3.32. The number of halogens is 1. The third-order valence-corrected chi connectivity index (χ3v) is 5.37. The summed E-state index contributed by atoms with van der Waals surface area (Å²) in [7, 11) is 3.15. The number of hydrogen-bond donors (Lipinski definition) is 0. The number of methoxy groups -OCH3 is 2. The fourth-order valence-corrected chi connectivity index (χ4v) is 3.56. The van der Waals surface area contributed by atoms with Crippen molar-refractivity contribution in [1.29, 1.82) is 0 Å². The Kier molecular flexibility index (Phi) is 7.20. The molecule has 31 heavy (non-hydrogen) atoms. The zero-order valence-corrected chi connectivity index (χ0v) is 18.3. The molecule has 3 rings (SSSR count). The fourth-order valence-electron chi connectivity index (χ4n) is 3.56. The first-order chi connectivity index (χ1) is 14.9. The summed E-state index contributed by atoms with van der Waals surface area (Å²) in [5, 5.41) is 0. The van der Waals surface area contributed by atoms with Crippen molar-refractivity contribution in [3.8, 4) is 0 Å². The summed E-state index contributed by atoms with van der Waals surface area (Å²) in [5.41, 5.74) is 3.51. The lowest BCUT2D eigenvalue weighted by Crippen LogP contribution is -2.37.